The van der Waals surface area contributed by atoms with Crippen LogP contribution in [0.2, 0.25) is 0 Å². The van der Waals surface area contributed by atoms with Crippen LogP contribution in [0.4, 0.5) is 0 Å². The molecule has 0 unspecified atom stereocenters. The van der Waals surface area contributed by atoms with Crippen molar-refractivity contribution in [3.8, 4) is 5.69 Å². The minimum Gasteiger partial charge on any atom is -0.157 e. The van der Waals surface area contributed by atoms with Gasteiger partial charge in [0.25, 0.3) is 0 Å². The number of hydrogen-bond donors (Lipinski definition) is 0. The van der Waals surface area contributed by atoms with Crippen LogP contribution in [0.5, 0.6) is 0 Å². The summed E-state index contributed by atoms with van der Waals surface area (Å²) in [5, 5.41) is 10.9. The third-order valence-corrected chi connectivity index (χ3v) is 2.57. The first kappa shape index (κ1) is 9.09. The molecule has 0 spiro atoms. The molecule has 0 atom stereocenters. The van der Waals surface area contributed by atoms with Gasteiger partial charge >= 0.3 is 0 Å². The lowest BCUT2D eigenvalue weighted by Gasteiger charge is -2.01. The molecule has 3 heteroatoms. The van der Waals surface area contributed by atoms with Crippen LogP contribution in [-0.2, 0) is 0 Å². The Bertz CT molecular complexity index is 640. The average Bonchev–Trinajstić information content (AvgIpc) is 2.75. The normalized spacial score (nSPS) is 10.8. The molecule has 0 fully saturated rings. The van der Waals surface area contributed by atoms with Gasteiger partial charge in [-0.2, -0.15) is 15.0 Å². The minimum absolute atomic E-state index is 0.924. The Morgan fingerprint density at radius 1 is 1.00 bits per heavy atom. The highest BCUT2D eigenvalue weighted by atomic mass is 15.5. The zero-order valence-electron chi connectivity index (χ0n) is 8.96. The molecule has 0 aliphatic heterocycles. The monoisotopic (exact) mass is 209 g/mol. The van der Waals surface area contributed by atoms with E-state index in [0.717, 1.165) is 11.4 Å². The highest BCUT2D eigenvalue weighted by Gasteiger charge is 2.00. The van der Waals surface area contributed by atoms with Gasteiger partial charge in [-0.3, -0.25) is 0 Å². The van der Waals surface area contributed by atoms with Crippen LogP contribution in [0, 0.1) is 6.92 Å². The van der Waals surface area contributed by atoms with Gasteiger partial charge in [-0.15, -0.1) is 0 Å². The molecule has 3 aromatic rings. The van der Waals surface area contributed by atoms with E-state index < -0.39 is 0 Å². The molecule has 0 N–H and O–H groups in total. The van der Waals surface area contributed by atoms with Gasteiger partial charge in [0.05, 0.1) is 17.6 Å². The van der Waals surface area contributed by atoms with Gasteiger partial charge < -0.3 is 0 Å². The first-order chi connectivity index (χ1) is 7.83. The number of fused-ring (bicyclic) bond motifs is 1. The molecule has 3 nitrogen and oxygen atoms in total. The maximum atomic E-state index is 4.29. The second kappa shape index (κ2) is 3.45. The lowest BCUT2D eigenvalue weighted by Crippen LogP contribution is -1.98. The van der Waals surface area contributed by atoms with Gasteiger partial charge in [-0.05, 0) is 29.8 Å². The van der Waals surface area contributed by atoms with E-state index >= 15 is 0 Å². The number of nitrogens with zero attached hydrogens (tertiary/aromatic N) is 3. The number of aryl methyl sites for hydroxylation is 1. The molecule has 0 amide bonds. The highest BCUT2D eigenvalue weighted by Crippen LogP contribution is 2.17. The smallest absolute Gasteiger partial charge is 0.0863 e. The van der Waals surface area contributed by atoms with Gasteiger partial charge in [0, 0.05) is 0 Å². The SMILES string of the molecule is Cc1cnn(-c2ccc3ccccc3c2)n1. The van der Waals surface area contributed by atoms with Crippen molar-refractivity contribution in [1.29, 1.82) is 0 Å². The fraction of sp³-hybridized carbons (Fsp3) is 0.0769. The zero-order chi connectivity index (χ0) is 11.0. The van der Waals surface area contributed by atoms with Crippen LogP contribution < -0.4 is 0 Å². The van der Waals surface area contributed by atoms with Gasteiger partial charge in [0.1, 0.15) is 0 Å². The molecule has 16 heavy (non-hydrogen) atoms. The van der Waals surface area contributed by atoms with E-state index in [1.165, 1.54) is 10.8 Å². The molecule has 0 radical (unpaired) electrons. The summed E-state index contributed by atoms with van der Waals surface area (Å²) < 4.78 is 0. The van der Waals surface area contributed by atoms with Crippen LogP contribution >= 0.6 is 0 Å². The molecule has 0 aliphatic rings. The molecule has 0 bridgehead atoms. The number of aromatic nitrogens is 3. The summed E-state index contributed by atoms with van der Waals surface area (Å²) in [6.45, 7) is 1.94. The summed E-state index contributed by atoms with van der Waals surface area (Å²) in [6.07, 6.45) is 1.76. The van der Waals surface area contributed by atoms with Crippen molar-refractivity contribution in [2.45, 2.75) is 6.92 Å². The van der Waals surface area contributed by atoms with Crippen LogP contribution in [0.15, 0.2) is 48.7 Å². The van der Waals surface area contributed by atoms with Crippen LogP contribution in [0.25, 0.3) is 16.5 Å². The summed E-state index contributed by atoms with van der Waals surface area (Å²) in [6, 6.07) is 14.5. The standard InChI is InChI=1S/C13H11N3/c1-10-9-14-16(15-10)13-7-6-11-4-2-3-5-12(11)8-13/h2-9H,1H3. The summed E-state index contributed by atoms with van der Waals surface area (Å²) in [7, 11) is 0. The predicted octanol–water partition coefficient (Wildman–Crippen LogP) is 2.73. The molecule has 2 aromatic carbocycles. The molecule has 1 heterocycles. The van der Waals surface area contributed by atoms with Crippen molar-refractivity contribution in [1.82, 2.24) is 15.0 Å². The summed E-state index contributed by atoms with van der Waals surface area (Å²) in [5.74, 6) is 0. The molecule has 3 rings (SSSR count). The van der Waals surface area contributed by atoms with Crippen molar-refractivity contribution >= 4 is 10.8 Å². The van der Waals surface area contributed by atoms with Crippen molar-refractivity contribution in [2.24, 2.45) is 0 Å². The fourth-order valence-electron chi connectivity index (χ4n) is 1.76. The summed E-state index contributed by atoms with van der Waals surface area (Å²) in [5.41, 5.74) is 1.92. The maximum absolute atomic E-state index is 4.29. The van der Waals surface area contributed by atoms with Crippen molar-refractivity contribution in [2.75, 3.05) is 0 Å². The van der Waals surface area contributed by atoms with E-state index in [1.807, 2.05) is 25.1 Å². The number of benzene rings is 2. The second-order valence-corrected chi connectivity index (χ2v) is 3.81. The minimum atomic E-state index is 0.924. The largest absolute Gasteiger partial charge is 0.157 e. The second-order valence-electron chi connectivity index (χ2n) is 3.81. The van der Waals surface area contributed by atoms with Crippen LogP contribution in [0.1, 0.15) is 5.69 Å². The van der Waals surface area contributed by atoms with E-state index in [2.05, 4.69) is 34.5 Å². The number of hydrogen-bond acceptors (Lipinski definition) is 2. The molecule has 0 saturated carbocycles. The van der Waals surface area contributed by atoms with Crippen molar-refractivity contribution < 1.29 is 0 Å². The molecule has 0 aliphatic carbocycles. The van der Waals surface area contributed by atoms with E-state index in [1.54, 1.807) is 11.0 Å². The maximum Gasteiger partial charge on any atom is 0.0863 e. The van der Waals surface area contributed by atoms with Crippen LogP contribution in [0.3, 0.4) is 0 Å². The first-order valence-electron chi connectivity index (χ1n) is 5.21. The van der Waals surface area contributed by atoms with E-state index in [-0.39, 0.29) is 0 Å². The van der Waals surface area contributed by atoms with E-state index in [9.17, 15) is 0 Å². The first-order valence-corrected chi connectivity index (χ1v) is 5.21. The van der Waals surface area contributed by atoms with Gasteiger partial charge in [-0.25, -0.2) is 0 Å². The zero-order valence-corrected chi connectivity index (χ0v) is 8.96. The summed E-state index contributed by atoms with van der Waals surface area (Å²) in [4.78, 5) is 1.65. The van der Waals surface area contributed by atoms with Crippen LogP contribution in [-0.4, -0.2) is 15.0 Å². The van der Waals surface area contributed by atoms with Crippen molar-refractivity contribution in [3.05, 3.63) is 54.4 Å². The highest BCUT2D eigenvalue weighted by molar-refractivity contribution is 5.84. The van der Waals surface area contributed by atoms with Gasteiger partial charge in [-0.1, -0.05) is 30.3 Å². The van der Waals surface area contributed by atoms with E-state index in [4.69, 9.17) is 0 Å². The molecular formula is C13H11N3. The Morgan fingerprint density at radius 2 is 1.81 bits per heavy atom. The Kier molecular flexibility index (Phi) is 1.96. The Balaban J connectivity index is 2.18. The Hall–Kier alpha value is -2.16. The fourth-order valence-corrected chi connectivity index (χ4v) is 1.76. The molecule has 78 valence electrons. The average molecular weight is 209 g/mol. The van der Waals surface area contributed by atoms with Crippen molar-refractivity contribution in [3.63, 3.8) is 0 Å². The third-order valence-electron chi connectivity index (χ3n) is 2.57. The van der Waals surface area contributed by atoms with Gasteiger partial charge in [0.15, 0.2) is 0 Å². The van der Waals surface area contributed by atoms with Gasteiger partial charge in [0.2, 0.25) is 0 Å². The topological polar surface area (TPSA) is 30.7 Å². The third kappa shape index (κ3) is 1.46. The molecule has 1 aromatic heterocycles. The molecule has 0 saturated heterocycles. The Morgan fingerprint density at radius 3 is 2.56 bits per heavy atom. The Labute approximate surface area is 93.3 Å². The summed E-state index contributed by atoms with van der Waals surface area (Å²) >= 11 is 0. The quantitative estimate of drug-likeness (QED) is 0.617. The van der Waals surface area contributed by atoms with E-state index in [0.29, 0.717) is 0 Å². The number of rotatable bonds is 1. The molecular weight excluding hydrogens is 198 g/mol. The predicted molar refractivity (Wildman–Crippen MR) is 63.6 cm³/mol. The lowest BCUT2D eigenvalue weighted by atomic mass is 10.1. The lowest BCUT2D eigenvalue weighted by molar-refractivity contribution is 0.747.